The summed E-state index contributed by atoms with van der Waals surface area (Å²) < 4.78 is 0. The maximum atomic E-state index is 12.7. The zero-order chi connectivity index (χ0) is 19.6. The summed E-state index contributed by atoms with van der Waals surface area (Å²) in [6, 6.07) is 13.8. The van der Waals surface area contributed by atoms with E-state index in [1.165, 1.54) is 0 Å². The molecule has 1 fully saturated rings. The van der Waals surface area contributed by atoms with Gasteiger partial charge in [-0.2, -0.15) is 0 Å². The number of amides is 2. The average Bonchev–Trinajstić information content (AvgIpc) is 3.03. The van der Waals surface area contributed by atoms with Crippen LogP contribution in [0.3, 0.4) is 0 Å². The van der Waals surface area contributed by atoms with E-state index in [2.05, 4.69) is 12.2 Å². The van der Waals surface area contributed by atoms with Crippen LogP contribution in [0.15, 0.2) is 42.5 Å². The molecule has 0 spiro atoms. The number of carbonyl (C=O) groups excluding carboxylic acids is 2. The van der Waals surface area contributed by atoms with Gasteiger partial charge in [-0.3, -0.25) is 9.59 Å². The van der Waals surface area contributed by atoms with E-state index in [-0.39, 0.29) is 24.2 Å². The van der Waals surface area contributed by atoms with Gasteiger partial charge in [0, 0.05) is 44.1 Å². The standard InChI is InChI=1S/C22H27N3O2/c1-5-16-8-6-7-9-20(16)25-14-17(13-21(25)26)22(27)23-18-10-11-19(24(3)4)15(2)12-18/h6-12,17H,5,13-14H2,1-4H3,(H,23,27)/t17-/m1/s1. The van der Waals surface area contributed by atoms with Gasteiger partial charge in [-0.05, 0) is 48.7 Å². The van der Waals surface area contributed by atoms with Gasteiger partial charge in [0.1, 0.15) is 0 Å². The Labute approximate surface area is 161 Å². The van der Waals surface area contributed by atoms with Gasteiger partial charge in [-0.25, -0.2) is 0 Å². The summed E-state index contributed by atoms with van der Waals surface area (Å²) in [4.78, 5) is 29.0. The molecule has 2 amide bonds. The molecule has 0 unspecified atom stereocenters. The van der Waals surface area contributed by atoms with E-state index in [9.17, 15) is 9.59 Å². The molecule has 1 saturated heterocycles. The van der Waals surface area contributed by atoms with E-state index >= 15 is 0 Å². The second-order valence-electron chi connectivity index (χ2n) is 7.27. The first-order valence-corrected chi connectivity index (χ1v) is 9.37. The third-order valence-corrected chi connectivity index (χ3v) is 5.11. The van der Waals surface area contributed by atoms with Crippen LogP contribution in [0.25, 0.3) is 0 Å². The van der Waals surface area contributed by atoms with E-state index in [4.69, 9.17) is 0 Å². The van der Waals surface area contributed by atoms with Gasteiger partial charge in [-0.15, -0.1) is 0 Å². The van der Waals surface area contributed by atoms with Gasteiger partial charge >= 0.3 is 0 Å². The molecule has 1 atom stereocenters. The highest BCUT2D eigenvalue weighted by atomic mass is 16.2. The van der Waals surface area contributed by atoms with Crippen molar-refractivity contribution in [2.24, 2.45) is 5.92 Å². The second kappa shape index (κ2) is 7.82. The Morgan fingerprint density at radius 3 is 2.63 bits per heavy atom. The SMILES string of the molecule is CCc1ccccc1N1C[C@H](C(=O)Nc2ccc(N(C)C)c(C)c2)CC1=O. The predicted octanol–water partition coefficient (Wildman–Crippen LogP) is 3.62. The minimum atomic E-state index is -0.337. The molecular formula is C22H27N3O2. The molecule has 27 heavy (non-hydrogen) atoms. The zero-order valence-corrected chi connectivity index (χ0v) is 16.5. The van der Waals surface area contributed by atoms with Crippen LogP contribution in [-0.2, 0) is 16.0 Å². The van der Waals surface area contributed by atoms with Crippen LogP contribution in [-0.4, -0.2) is 32.5 Å². The molecule has 1 aliphatic rings. The van der Waals surface area contributed by atoms with Gasteiger partial charge in [0.05, 0.1) is 5.92 Å². The molecule has 0 aromatic heterocycles. The zero-order valence-electron chi connectivity index (χ0n) is 16.5. The fourth-order valence-corrected chi connectivity index (χ4v) is 3.67. The van der Waals surface area contributed by atoms with Crippen molar-refractivity contribution in [2.45, 2.75) is 26.7 Å². The number of nitrogens with zero attached hydrogens (tertiary/aromatic N) is 2. The first-order valence-electron chi connectivity index (χ1n) is 9.37. The number of para-hydroxylation sites is 1. The Bertz CT molecular complexity index is 860. The van der Waals surface area contributed by atoms with Crippen LogP contribution in [0, 0.1) is 12.8 Å². The van der Waals surface area contributed by atoms with E-state index < -0.39 is 0 Å². The Balaban J connectivity index is 1.72. The molecule has 1 aliphatic heterocycles. The lowest BCUT2D eigenvalue weighted by molar-refractivity contribution is -0.122. The summed E-state index contributed by atoms with van der Waals surface area (Å²) in [5, 5.41) is 2.98. The lowest BCUT2D eigenvalue weighted by atomic mass is 10.1. The number of hydrogen-bond donors (Lipinski definition) is 1. The van der Waals surface area contributed by atoms with Crippen LogP contribution in [0.1, 0.15) is 24.5 Å². The monoisotopic (exact) mass is 365 g/mol. The highest BCUT2D eigenvalue weighted by molar-refractivity contribution is 6.04. The first kappa shape index (κ1) is 19.0. The summed E-state index contributed by atoms with van der Waals surface area (Å²) >= 11 is 0. The third kappa shape index (κ3) is 3.97. The van der Waals surface area contributed by atoms with Crippen molar-refractivity contribution in [3.05, 3.63) is 53.6 Å². The molecule has 0 saturated carbocycles. The van der Waals surface area contributed by atoms with E-state index in [0.717, 1.165) is 34.6 Å². The van der Waals surface area contributed by atoms with Crippen LogP contribution >= 0.6 is 0 Å². The van der Waals surface area contributed by atoms with Gasteiger partial charge in [0.2, 0.25) is 11.8 Å². The Morgan fingerprint density at radius 1 is 1.22 bits per heavy atom. The number of nitrogens with one attached hydrogen (secondary N) is 1. The van der Waals surface area contributed by atoms with Crippen LogP contribution < -0.4 is 15.1 Å². The summed E-state index contributed by atoms with van der Waals surface area (Å²) in [6.07, 6.45) is 1.10. The van der Waals surface area contributed by atoms with Crippen molar-refractivity contribution in [3.8, 4) is 0 Å². The Kier molecular flexibility index (Phi) is 5.49. The Hall–Kier alpha value is -2.82. The molecule has 1 N–H and O–H groups in total. The summed E-state index contributed by atoms with van der Waals surface area (Å²) in [5.74, 6) is -0.428. The highest BCUT2D eigenvalue weighted by Gasteiger charge is 2.35. The number of benzene rings is 2. The molecule has 2 aromatic carbocycles. The lowest BCUT2D eigenvalue weighted by Crippen LogP contribution is -2.28. The molecule has 0 bridgehead atoms. The number of hydrogen-bond acceptors (Lipinski definition) is 3. The van der Waals surface area contributed by atoms with Crippen molar-refractivity contribution < 1.29 is 9.59 Å². The number of rotatable bonds is 5. The highest BCUT2D eigenvalue weighted by Crippen LogP contribution is 2.29. The second-order valence-corrected chi connectivity index (χ2v) is 7.27. The summed E-state index contributed by atoms with van der Waals surface area (Å²) in [7, 11) is 3.99. The molecule has 142 valence electrons. The fourth-order valence-electron chi connectivity index (χ4n) is 3.67. The molecule has 0 aliphatic carbocycles. The van der Waals surface area contributed by atoms with Crippen molar-refractivity contribution in [2.75, 3.05) is 35.8 Å². The maximum absolute atomic E-state index is 12.7. The smallest absolute Gasteiger partial charge is 0.229 e. The minimum absolute atomic E-state index is 0.00943. The normalized spacial score (nSPS) is 16.5. The molecule has 5 heteroatoms. The number of anilines is 3. The van der Waals surface area contributed by atoms with Crippen molar-refractivity contribution in [1.82, 2.24) is 0 Å². The number of aryl methyl sites for hydroxylation is 2. The Morgan fingerprint density at radius 2 is 1.96 bits per heavy atom. The lowest BCUT2D eigenvalue weighted by Gasteiger charge is -2.20. The number of carbonyl (C=O) groups is 2. The minimum Gasteiger partial charge on any atom is -0.377 e. The molecule has 1 heterocycles. The molecular weight excluding hydrogens is 338 g/mol. The van der Waals surface area contributed by atoms with Crippen molar-refractivity contribution >= 4 is 28.9 Å². The van der Waals surface area contributed by atoms with Crippen LogP contribution in [0.4, 0.5) is 17.1 Å². The van der Waals surface area contributed by atoms with Crippen molar-refractivity contribution in [3.63, 3.8) is 0 Å². The topological polar surface area (TPSA) is 52.7 Å². The average molecular weight is 365 g/mol. The molecule has 0 radical (unpaired) electrons. The van der Waals surface area contributed by atoms with Crippen LogP contribution in [0.5, 0.6) is 0 Å². The van der Waals surface area contributed by atoms with Crippen molar-refractivity contribution in [1.29, 1.82) is 0 Å². The first-order chi connectivity index (χ1) is 12.9. The largest absolute Gasteiger partial charge is 0.377 e. The quantitative estimate of drug-likeness (QED) is 0.881. The molecule has 2 aromatic rings. The third-order valence-electron chi connectivity index (χ3n) is 5.11. The van der Waals surface area contributed by atoms with Gasteiger partial charge < -0.3 is 15.1 Å². The van der Waals surface area contributed by atoms with Crippen LogP contribution in [0.2, 0.25) is 0 Å². The molecule has 3 rings (SSSR count). The maximum Gasteiger partial charge on any atom is 0.229 e. The molecule has 5 nitrogen and oxygen atoms in total. The fraction of sp³-hybridized carbons (Fsp3) is 0.364. The van der Waals surface area contributed by atoms with Gasteiger partial charge in [0.25, 0.3) is 0 Å². The predicted molar refractivity (Wildman–Crippen MR) is 110 cm³/mol. The summed E-state index contributed by atoms with van der Waals surface area (Å²) in [6.45, 7) is 4.52. The summed E-state index contributed by atoms with van der Waals surface area (Å²) in [5.41, 5.74) is 5.03. The van der Waals surface area contributed by atoms with E-state index in [0.29, 0.717) is 6.54 Å². The van der Waals surface area contributed by atoms with Gasteiger partial charge in [0.15, 0.2) is 0 Å². The van der Waals surface area contributed by atoms with E-state index in [1.807, 2.05) is 68.4 Å². The van der Waals surface area contributed by atoms with E-state index in [1.54, 1.807) is 4.90 Å². The van der Waals surface area contributed by atoms with Gasteiger partial charge in [-0.1, -0.05) is 25.1 Å².